The molecule has 0 amide bonds. The molecular formula is C13H27NO. The minimum atomic E-state index is 0.556. The number of hydrogen-bond acceptors (Lipinski definition) is 2. The van der Waals surface area contributed by atoms with Crippen LogP contribution in [0.4, 0.5) is 0 Å². The maximum Gasteiger partial charge on any atom is 0.0604 e. The van der Waals surface area contributed by atoms with Gasteiger partial charge in [-0.15, -0.1) is 0 Å². The van der Waals surface area contributed by atoms with Gasteiger partial charge in [0.1, 0.15) is 0 Å². The molecule has 0 radical (unpaired) electrons. The lowest BCUT2D eigenvalue weighted by molar-refractivity contribution is -0.0174. The predicted molar refractivity (Wildman–Crippen MR) is 65.2 cm³/mol. The summed E-state index contributed by atoms with van der Waals surface area (Å²) in [5, 5.41) is 3.45. The minimum Gasteiger partial charge on any atom is -0.378 e. The van der Waals surface area contributed by atoms with Crippen LogP contribution in [0.1, 0.15) is 58.8 Å². The molecule has 0 aromatic heterocycles. The zero-order chi connectivity index (χ0) is 10.9. The van der Waals surface area contributed by atoms with E-state index in [4.69, 9.17) is 4.74 Å². The van der Waals surface area contributed by atoms with Gasteiger partial charge in [0.25, 0.3) is 0 Å². The van der Waals surface area contributed by atoms with Crippen LogP contribution < -0.4 is 5.32 Å². The summed E-state index contributed by atoms with van der Waals surface area (Å²) in [5.74, 6) is 0. The van der Waals surface area contributed by atoms with Crippen molar-refractivity contribution in [1.29, 1.82) is 0 Å². The summed E-state index contributed by atoms with van der Waals surface area (Å²) >= 11 is 0. The van der Waals surface area contributed by atoms with E-state index in [0.29, 0.717) is 6.10 Å². The van der Waals surface area contributed by atoms with Crippen molar-refractivity contribution in [2.45, 2.75) is 70.9 Å². The van der Waals surface area contributed by atoms with Gasteiger partial charge in [-0.25, -0.2) is 0 Å². The second-order valence-electron chi connectivity index (χ2n) is 4.63. The monoisotopic (exact) mass is 213 g/mol. The average molecular weight is 213 g/mol. The van der Waals surface area contributed by atoms with Crippen molar-refractivity contribution in [3.05, 3.63) is 0 Å². The van der Waals surface area contributed by atoms with E-state index in [0.717, 1.165) is 19.2 Å². The van der Waals surface area contributed by atoms with Crippen molar-refractivity contribution in [1.82, 2.24) is 5.32 Å². The van der Waals surface area contributed by atoms with Crippen LogP contribution in [0.3, 0.4) is 0 Å². The van der Waals surface area contributed by atoms with Gasteiger partial charge in [0.05, 0.1) is 6.10 Å². The molecule has 0 aromatic rings. The average Bonchev–Trinajstić information content (AvgIpc) is 2.19. The highest BCUT2D eigenvalue weighted by molar-refractivity contribution is 4.85. The van der Waals surface area contributed by atoms with Crippen molar-refractivity contribution in [3.8, 4) is 0 Å². The van der Waals surface area contributed by atoms with Crippen LogP contribution in [-0.4, -0.2) is 25.3 Å². The topological polar surface area (TPSA) is 21.3 Å². The molecule has 0 heterocycles. The molecule has 2 heteroatoms. The first-order valence-corrected chi connectivity index (χ1v) is 6.71. The second-order valence-corrected chi connectivity index (χ2v) is 4.63. The molecule has 15 heavy (non-hydrogen) atoms. The standard InChI is InChI=1S/C13H27NO/c1-3-5-6-7-8-9-15-13-10-12(11-13)14-4-2/h12-14H,3-11H2,1-2H3. The molecule has 0 aliphatic heterocycles. The molecule has 90 valence electrons. The normalized spacial score (nSPS) is 25.2. The molecule has 0 saturated heterocycles. The van der Waals surface area contributed by atoms with Crippen molar-refractivity contribution >= 4 is 0 Å². The van der Waals surface area contributed by atoms with Crippen LogP contribution >= 0.6 is 0 Å². The highest BCUT2D eigenvalue weighted by atomic mass is 16.5. The molecule has 1 fully saturated rings. The van der Waals surface area contributed by atoms with E-state index < -0.39 is 0 Å². The number of hydrogen-bond donors (Lipinski definition) is 1. The molecule has 1 N–H and O–H groups in total. The number of unbranched alkanes of at least 4 members (excludes halogenated alkanes) is 4. The number of rotatable bonds is 9. The fourth-order valence-corrected chi connectivity index (χ4v) is 2.11. The maximum absolute atomic E-state index is 5.79. The van der Waals surface area contributed by atoms with Gasteiger partial charge in [-0.05, 0) is 25.8 Å². The van der Waals surface area contributed by atoms with Gasteiger partial charge in [0, 0.05) is 12.6 Å². The molecule has 1 rings (SSSR count). The van der Waals surface area contributed by atoms with Crippen molar-refractivity contribution < 1.29 is 4.74 Å². The molecule has 1 aliphatic rings. The Bertz CT molecular complexity index is 143. The summed E-state index contributed by atoms with van der Waals surface area (Å²) in [6, 6.07) is 0.736. The van der Waals surface area contributed by atoms with Gasteiger partial charge in [0.15, 0.2) is 0 Å². The summed E-state index contributed by atoms with van der Waals surface area (Å²) in [4.78, 5) is 0. The van der Waals surface area contributed by atoms with Crippen molar-refractivity contribution in [2.75, 3.05) is 13.2 Å². The van der Waals surface area contributed by atoms with Crippen LogP contribution in [0.15, 0.2) is 0 Å². The Morgan fingerprint density at radius 1 is 1.07 bits per heavy atom. The quantitative estimate of drug-likeness (QED) is 0.594. The van der Waals surface area contributed by atoms with Gasteiger partial charge < -0.3 is 10.1 Å². The first kappa shape index (κ1) is 13.0. The first-order chi connectivity index (χ1) is 7.36. The fraction of sp³-hybridized carbons (Fsp3) is 1.00. The summed E-state index contributed by atoms with van der Waals surface area (Å²) in [6.07, 6.45) is 9.69. The Hall–Kier alpha value is -0.0800. The molecule has 0 unspecified atom stereocenters. The van der Waals surface area contributed by atoms with Crippen molar-refractivity contribution in [2.24, 2.45) is 0 Å². The molecule has 0 spiro atoms. The van der Waals surface area contributed by atoms with Crippen LogP contribution in [-0.2, 0) is 4.74 Å². The highest BCUT2D eigenvalue weighted by Gasteiger charge is 2.28. The Balaban J connectivity index is 1.78. The van der Waals surface area contributed by atoms with Crippen LogP contribution in [0, 0.1) is 0 Å². The van der Waals surface area contributed by atoms with E-state index in [1.54, 1.807) is 0 Å². The molecule has 1 saturated carbocycles. The lowest BCUT2D eigenvalue weighted by atomic mass is 9.89. The summed E-state index contributed by atoms with van der Waals surface area (Å²) in [6.45, 7) is 6.50. The zero-order valence-corrected chi connectivity index (χ0v) is 10.4. The zero-order valence-electron chi connectivity index (χ0n) is 10.4. The molecule has 0 atom stereocenters. The number of nitrogens with one attached hydrogen (secondary N) is 1. The van der Waals surface area contributed by atoms with Crippen molar-refractivity contribution in [3.63, 3.8) is 0 Å². The Labute approximate surface area is 94.8 Å². The lowest BCUT2D eigenvalue weighted by Gasteiger charge is -2.35. The molecule has 0 bridgehead atoms. The van der Waals surface area contributed by atoms with E-state index in [1.807, 2.05) is 0 Å². The van der Waals surface area contributed by atoms with Gasteiger partial charge in [0.2, 0.25) is 0 Å². The third-order valence-corrected chi connectivity index (χ3v) is 3.19. The second kappa shape index (κ2) is 8.12. The Morgan fingerprint density at radius 3 is 2.47 bits per heavy atom. The van der Waals surface area contributed by atoms with Gasteiger partial charge in [-0.1, -0.05) is 39.5 Å². The smallest absolute Gasteiger partial charge is 0.0604 e. The summed E-state index contributed by atoms with van der Waals surface area (Å²) in [5.41, 5.74) is 0. The van der Waals surface area contributed by atoms with E-state index in [2.05, 4.69) is 19.2 Å². The van der Waals surface area contributed by atoms with Crippen LogP contribution in [0.2, 0.25) is 0 Å². The SMILES string of the molecule is CCCCCCCOC1CC(NCC)C1. The van der Waals surface area contributed by atoms with Gasteiger partial charge >= 0.3 is 0 Å². The summed E-state index contributed by atoms with van der Waals surface area (Å²) < 4.78 is 5.79. The largest absolute Gasteiger partial charge is 0.378 e. The molecule has 2 nitrogen and oxygen atoms in total. The van der Waals surface area contributed by atoms with E-state index >= 15 is 0 Å². The minimum absolute atomic E-state index is 0.556. The Kier molecular flexibility index (Phi) is 7.03. The third kappa shape index (κ3) is 5.53. The predicted octanol–water partition coefficient (Wildman–Crippen LogP) is 3.11. The van der Waals surface area contributed by atoms with Gasteiger partial charge in [-0.2, -0.15) is 0 Å². The molecular weight excluding hydrogens is 186 g/mol. The Morgan fingerprint density at radius 2 is 1.80 bits per heavy atom. The van der Waals surface area contributed by atoms with Gasteiger partial charge in [-0.3, -0.25) is 0 Å². The summed E-state index contributed by atoms with van der Waals surface area (Å²) in [7, 11) is 0. The maximum atomic E-state index is 5.79. The number of ether oxygens (including phenoxy) is 1. The first-order valence-electron chi connectivity index (χ1n) is 6.71. The highest BCUT2D eigenvalue weighted by Crippen LogP contribution is 2.23. The molecule has 1 aliphatic carbocycles. The lowest BCUT2D eigenvalue weighted by Crippen LogP contribution is -2.45. The van der Waals surface area contributed by atoms with Crippen LogP contribution in [0.5, 0.6) is 0 Å². The fourth-order valence-electron chi connectivity index (χ4n) is 2.11. The molecule has 0 aromatic carbocycles. The van der Waals surface area contributed by atoms with Crippen LogP contribution in [0.25, 0.3) is 0 Å². The third-order valence-electron chi connectivity index (χ3n) is 3.19. The van der Waals surface area contributed by atoms with E-state index in [9.17, 15) is 0 Å². The van der Waals surface area contributed by atoms with E-state index in [1.165, 1.54) is 44.9 Å². The van der Waals surface area contributed by atoms with E-state index in [-0.39, 0.29) is 0 Å².